The first-order valence-corrected chi connectivity index (χ1v) is 7.02. The highest BCUT2D eigenvalue weighted by Gasteiger charge is 2.16. The van der Waals surface area contributed by atoms with Gasteiger partial charge in [-0.15, -0.1) is 0 Å². The average Bonchev–Trinajstić information content (AvgIpc) is 2.37. The van der Waals surface area contributed by atoms with E-state index in [0.29, 0.717) is 4.47 Å². The van der Waals surface area contributed by atoms with E-state index in [1.807, 2.05) is 0 Å². The van der Waals surface area contributed by atoms with E-state index in [0.717, 1.165) is 0 Å². The Hall–Kier alpha value is -1.96. The number of hydrogen-bond donors (Lipinski definition) is 1. The van der Waals surface area contributed by atoms with Gasteiger partial charge in [-0.3, -0.25) is 19.7 Å². The summed E-state index contributed by atoms with van der Waals surface area (Å²) in [5.41, 5.74) is -0.0380. The van der Waals surface area contributed by atoms with E-state index in [1.54, 1.807) is 13.8 Å². The molecule has 0 spiro atoms. The number of carbonyl (C=O) groups excluding carboxylic acids is 2. The zero-order chi connectivity index (χ0) is 16.0. The maximum absolute atomic E-state index is 11.8. The zero-order valence-corrected chi connectivity index (χ0v) is 13.2. The van der Waals surface area contributed by atoms with Gasteiger partial charge in [0.2, 0.25) is 0 Å². The number of nitrogens with one attached hydrogen (secondary N) is 1. The number of nitro groups is 1. The summed E-state index contributed by atoms with van der Waals surface area (Å²) in [6.07, 6.45) is -0.162. The van der Waals surface area contributed by atoms with Gasteiger partial charge in [-0.2, -0.15) is 0 Å². The Morgan fingerprint density at radius 3 is 2.67 bits per heavy atom. The molecule has 0 aromatic heterocycles. The van der Waals surface area contributed by atoms with E-state index in [2.05, 4.69) is 21.2 Å². The SMILES string of the molecule is CC(C)OC(=O)CCNC(=O)c1ccc(Br)c([N+](=O)[O-])c1. The molecule has 0 saturated heterocycles. The summed E-state index contributed by atoms with van der Waals surface area (Å²) in [5.74, 6) is -0.893. The minimum Gasteiger partial charge on any atom is -0.463 e. The van der Waals surface area contributed by atoms with Gasteiger partial charge in [0.1, 0.15) is 0 Å². The van der Waals surface area contributed by atoms with Gasteiger partial charge in [-0.1, -0.05) is 0 Å². The Kier molecular flexibility index (Phi) is 6.29. The van der Waals surface area contributed by atoms with Crippen LogP contribution < -0.4 is 5.32 Å². The Balaban J connectivity index is 2.58. The molecule has 0 aliphatic rings. The molecule has 114 valence electrons. The Labute approximate surface area is 129 Å². The molecule has 1 aromatic rings. The van der Waals surface area contributed by atoms with Gasteiger partial charge in [0.05, 0.1) is 21.9 Å². The van der Waals surface area contributed by atoms with Crippen LogP contribution in [0.1, 0.15) is 30.6 Å². The number of halogens is 1. The van der Waals surface area contributed by atoms with Crippen LogP contribution in [0.4, 0.5) is 5.69 Å². The molecule has 1 aromatic carbocycles. The normalized spacial score (nSPS) is 10.3. The minimum atomic E-state index is -0.582. The largest absolute Gasteiger partial charge is 0.463 e. The van der Waals surface area contributed by atoms with Gasteiger partial charge >= 0.3 is 5.97 Å². The third-order valence-corrected chi connectivity index (χ3v) is 3.06. The van der Waals surface area contributed by atoms with Crippen LogP contribution in [0.15, 0.2) is 22.7 Å². The summed E-state index contributed by atoms with van der Waals surface area (Å²) < 4.78 is 5.21. The molecule has 0 atom stereocenters. The van der Waals surface area contributed by atoms with Crippen LogP contribution in [0.3, 0.4) is 0 Å². The molecule has 8 heteroatoms. The predicted octanol–water partition coefficient (Wildman–Crippen LogP) is 2.43. The second-order valence-electron chi connectivity index (χ2n) is 4.47. The first kappa shape index (κ1) is 17.1. The van der Waals surface area contributed by atoms with Crippen LogP contribution in [-0.4, -0.2) is 29.4 Å². The third-order valence-electron chi connectivity index (χ3n) is 2.39. The summed E-state index contributed by atoms with van der Waals surface area (Å²) in [7, 11) is 0. The maximum atomic E-state index is 11.8. The summed E-state index contributed by atoms with van der Waals surface area (Å²) in [6.45, 7) is 3.57. The maximum Gasteiger partial charge on any atom is 0.307 e. The summed E-state index contributed by atoms with van der Waals surface area (Å²) in [5, 5.41) is 13.3. The molecular weight excluding hydrogens is 344 g/mol. The quantitative estimate of drug-likeness (QED) is 0.478. The Bertz CT molecular complexity index is 559. The number of carbonyl (C=O) groups is 2. The van der Waals surface area contributed by atoms with Crippen molar-refractivity contribution in [2.24, 2.45) is 0 Å². The van der Waals surface area contributed by atoms with Crippen molar-refractivity contribution in [1.29, 1.82) is 0 Å². The van der Waals surface area contributed by atoms with Gasteiger partial charge in [0, 0.05) is 18.2 Å². The van der Waals surface area contributed by atoms with Crippen molar-refractivity contribution in [2.45, 2.75) is 26.4 Å². The van der Waals surface area contributed by atoms with Gasteiger partial charge in [-0.25, -0.2) is 0 Å². The lowest BCUT2D eigenvalue weighted by Crippen LogP contribution is -2.27. The topological polar surface area (TPSA) is 98.5 Å². The van der Waals surface area contributed by atoms with E-state index in [9.17, 15) is 19.7 Å². The number of esters is 1. The molecule has 0 saturated carbocycles. The number of hydrogen-bond acceptors (Lipinski definition) is 5. The van der Waals surface area contributed by atoms with Crippen LogP contribution >= 0.6 is 15.9 Å². The molecule has 0 radical (unpaired) electrons. The van der Waals surface area contributed by atoms with E-state index < -0.39 is 16.8 Å². The Morgan fingerprint density at radius 2 is 2.10 bits per heavy atom. The number of ether oxygens (including phenoxy) is 1. The second kappa shape index (κ2) is 7.72. The van der Waals surface area contributed by atoms with Crippen LogP contribution in [0.25, 0.3) is 0 Å². The number of benzene rings is 1. The summed E-state index contributed by atoms with van der Waals surface area (Å²) in [6, 6.07) is 4.06. The van der Waals surface area contributed by atoms with Gasteiger partial charge in [0.15, 0.2) is 0 Å². The molecule has 0 aliphatic heterocycles. The van der Waals surface area contributed by atoms with Crippen LogP contribution in [0.2, 0.25) is 0 Å². The Morgan fingerprint density at radius 1 is 1.43 bits per heavy atom. The fourth-order valence-electron chi connectivity index (χ4n) is 1.50. The fourth-order valence-corrected chi connectivity index (χ4v) is 1.89. The molecule has 7 nitrogen and oxygen atoms in total. The van der Waals surface area contributed by atoms with Crippen LogP contribution in [-0.2, 0) is 9.53 Å². The fraction of sp³-hybridized carbons (Fsp3) is 0.385. The molecule has 1 amide bonds. The first-order valence-electron chi connectivity index (χ1n) is 6.23. The summed E-state index contributed by atoms with van der Waals surface area (Å²) in [4.78, 5) is 33.3. The van der Waals surface area contributed by atoms with Crippen molar-refractivity contribution in [3.05, 3.63) is 38.3 Å². The van der Waals surface area contributed by atoms with Gasteiger partial charge < -0.3 is 10.1 Å². The van der Waals surface area contributed by atoms with Gasteiger partial charge in [-0.05, 0) is 41.9 Å². The molecule has 0 fully saturated rings. The van der Waals surface area contributed by atoms with Crippen molar-refractivity contribution in [2.75, 3.05) is 6.54 Å². The second-order valence-corrected chi connectivity index (χ2v) is 5.32. The third kappa shape index (κ3) is 5.50. The molecule has 21 heavy (non-hydrogen) atoms. The average molecular weight is 359 g/mol. The standard InChI is InChI=1S/C13H15BrN2O5/c1-8(2)21-12(17)5-6-15-13(18)9-3-4-10(14)11(7-9)16(19)20/h3-4,7-8H,5-6H2,1-2H3,(H,15,18). The van der Waals surface area contributed by atoms with E-state index in [1.165, 1.54) is 18.2 Å². The lowest BCUT2D eigenvalue weighted by molar-refractivity contribution is -0.385. The van der Waals surface area contributed by atoms with Crippen molar-refractivity contribution in [3.63, 3.8) is 0 Å². The van der Waals surface area contributed by atoms with Crippen molar-refractivity contribution >= 4 is 33.5 Å². The van der Waals surface area contributed by atoms with E-state index in [4.69, 9.17) is 4.74 Å². The lowest BCUT2D eigenvalue weighted by Gasteiger charge is -2.08. The van der Waals surface area contributed by atoms with E-state index >= 15 is 0 Å². The smallest absolute Gasteiger partial charge is 0.307 e. The van der Waals surface area contributed by atoms with Crippen LogP contribution in [0.5, 0.6) is 0 Å². The molecular formula is C13H15BrN2O5. The van der Waals surface area contributed by atoms with Gasteiger partial charge in [0.25, 0.3) is 11.6 Å². The minimum absolute atomic E-state index is 0.0442. The monoisotopic (exact) mass is 358 g/mol. The molecule has 0 unspecified atom stereocenters. The highest BCUT2D eigenvalue weighted by molar-refractivity contribution is 9.10. The van der Waals surface area contributed by atoms with Crippen LogP contribution in [0, 0.1) is 10.1 Å². The summed E-state index contributed by atoms with van der Waals surface area (Å²) >= 11 is 3.04. The molecule has 1 rings (SSSR count). The number of nitrogens with zero attached hydrogens (tertiary/aromatic N) is 1. The van der Waals surface area contributed by atoms with Crippen molar-refractivity contribution < 1.29 is 19.2 Å². The molecule has 1 N–H and O–H groups in total. The molecule has 0 bridgehead atoms. The predicted molar refractivity (Wildman–Crippen MR) is 79.0 cm³/mol. The number of amides is 1. The van der Waals surface area contributed by atoms with Crippen molar-refractivity contribution in [1.82, 2.24) is 5.32 Å². The first-order chi connectivity index (χ1) is 9.81. The highest BCUT2D eigenvalue weighted by Crippen LogP contribution is 2.25. The zero-order valence-electron chi connectivity index (χ0n) is 11.6. The number of rotatable bonds is 6. The number of nitro benzene ring substituents is 1. The molecule has 0 heterocycles. The molecule has 0 aliphatic carbocycles. The van der Waals surface area contributed by atoms with Crippen molar-refractivity contribution in [3.8, 4) is 0 Å². The lowest BCUT2D eigenvalue weighted by atomic mass is 10.2. The highest BCUT2D eigenvalue weighted by atomic mass is 79.9. The van der Waals surface area contributed by atoms with E-state index in [-0.39, 0.29) is 30.3 Å².